The van der Waals surface area contributed by atoms with E-state index >= 15 is 0 Å². The van der Waals surface area contributed by atoms with Crippen LogP contribution in [0.15, 0.2) is 176 Å². The third-order valence-electron chi connectivity index (χ3n) is 10.6. The molecule has 0 amide bonds. The second-order valence-electron chi connectivity index (χ2n) is 13.6. The van der Waals surface area contributed by atoms with Gasteiger partial charge in [-0.2, -0.15) is 0 Å². The minimum Gasteiger partial charge on any atom is -0.310 e. The molecule has 53 heavy (non-hydrogen) atoms. The Balaban J connectivity index is 1.26. The van der Waals surface area contributed by atoms with Gasteiger partial charge in [0.05, 0.1) is 16.6 Å². The molecule has 0 fully saturated rings. The Morgan fingerprint density at radius 1 is 0.321 bits per heavy atom. The average molecular weight is 666 g/mol. The first kappa shape index (κ1) is 31.3. The van der Waals surface area contributed by atoms with Crippen LogP contribution in [0, 0.1) is 0 Å². The van der Waals surface area contributed by atoms with Gasteiger partial charge in [-0.25, -0.2) is 0 Å². The first-order chi connectivity index (χ1) is 26.1. The normalized spacial score (nSPS) is 11.6. The number of hydrogen-bond donors (Lipinski definition) is 0. The number of para-hydroxylation sites is 2. The van der Waals surface area contributed by atoms with Crippen LogP contribution in [0.3, 0.4) is 0 Å². The molecule has 0 bridgehead atoms. The summed E-state index contributed by atoms with van der Waals surface area (Å²) in [6.45, 7) is 0. The largest absolute Gasteiger partial charge is 0.310 e. The fraction of sp³-hybridized carbons (Fsp3) is 0. The Labute approximate surface area is 312 Å². The minimum absolute atomic E-state index is 0.465. The van der Waals surface area contributed by atoms with Crippen molar-refractivity contribution in [3.05, 3.63) is 176 Å². The summed E-state index contributed by atoms with van der Waals surface area (Å²) in [5, 5.41) is 4.17. The van der Waals surface area contributed by atoms with Gasteiger partial charge in [0.1, 0.15) is 23.5 Å². The van der Waals surface area contributed by atoms with Crippen LogP contribution in [0.1, 0.15) is 0 Å². The van der Waals surface area contributed by atoms with Gasteiger partial charge in [-0.15, -0.1) is 0 Å². The lowest BCUT2D eigenvalue weighted by molar-refractivity contribution is 1.18. The summed E-state index contributed by atoms with van der Waals surface area (Å²) in [4.78, 5) is 0. The molecule has 0 atom stereocenters. The van der Waals surface area contributed by atoms with Crippen LogP contribution >= 0.6 is 0 Å². The lowest BCUT2D eigenvalue weighted by atomic mass is 9.69. The molecule has 2 heterocycles. The molecule has 0 saturated heterocycles. The molecule has 2 nitrogen and oxygen atoms in total. The predicted molar refractivity (Wildman–Crippen MR) is 228 cm³/mol. The van der Waals surface area contributed by atoms with E-state index in [-0.39, 0.29) is 0 Å². The second-order valence-corrected chi connectivity index (χ2v) is 13.6. The quantitative estimate of drug-likeness (QED) is 0.162. The van der Waals surface area contributed by atoms with Crippen molar-refractivity contribution in [2.45, 2.75) is 0 Å². The van der Waals surface area contributed by atoms with Crippen molar-refractivity contribution < 1.29 is 0 Å². The molecule has 10 aromatic rings. The fourth-order valence-electron chi connectivity index (χ4n) is 8.18. The van der Waals surface area contributed by atoms with Crippen LogP contribution in [0.4, 0.5) is 0 Å². The van der Waals surface area contributed by atoms with Crippen LogP contribution in [0.25, 0.3) is 88.4 Å². The molecular formula is C48H29B3N2. The van der Waals surface area contributed by atoms with Crippen molar-refractivity contribution in [1.82, 2.24) is 9.13 Å². The average Bonchev–Trinajstić information content (AvgIpc) is 3.74. The molecule has 0 N–H and O–H groups in total. The number of benzene rings is 8. The van der Waals surface area contributed by atoms with Gasteiger partial charge in [0, 0.05) is 38.4 Å². The van der Waals surface area contributed by atoms with Crippen LogP contribution in [-0.2, 0) is 0 Å². The zero-order valence-corrected chi connectivity index (χ0v) is 28.9. The third-order valence-corrected chi connectivity index (χ3v) is 10.6. The van der Waals surface area contributed by atoms with Gasteiger partial charge >= 0.3 is 0 Å². The van der Waals surface area contributed by atoms with Crippen LogP contribution < -0.4 is 16.4 Å². The number of fused-ring (bicyclic) bond motifs is 6. The summed E-state index contributed by atoms with van der Waals surface area (Å²) >= 11 is 0. The van der Waals surface area contributed by atoms with E-state index in [0.717, 1.165) is 88.4 Å². The van der Waals surface area contributed by atoms with Gasteiger partial charge in [0.25, 0.3) is 0 Å². The van der Waals surface area contributed by atoms with E-state index in [1.54, 1.807) is 0 Å². The first-order valence-corrected chi connectivity index (χ1v) is 17.8. The Kier molecular flexibility index (Phi) is 7.30. The molecule has 0 unspecified atom stereocenters. The Hall–Kier alpha value is -6.45. The lowest BCUT2D eigenvalue weighted by Crippen LogP contribution is -2.35. The van der Waals surface area contributed by atoms with Crippen molar-refractivity contribution in [2.75, 3.05) is 0 Å². The summed E-state index contributed by atoms with van der Waals surface area (Å²) in [5.74, 6) is 0. The number of hydrogen-bond acceptors (Lipinski definition) is 0. The highest BCUT2D eigenvalue weighted by Gasteiger charge is 2.22. The summed E-state index contributed by atoms with van der Waals surface area (Å²) in [5.41, 5.74) is 13.8. The number of rotatable bonds is 5. The van der Waals surface area contributed by atoms with Gasteiger partial charge < -0.3 is 9.13 Å². The van der Waals surface area contributed by atoms with Crippen LogP contribution in [-0.4, -0.2) is 32.7 Å². The van der Waals surface area contributed by atoms with Crippen molar-refractivity contribution >= 4 is 83.5 Å². The van der Waals surface area contributed by atoms with Crippen molar-refractivity contribution in [3.63, 3.8) is 0 Å². The molecule has 0 saturated carbocycles. The Morgan fingerprint density at radius 3 is 1.57 bits per heavy atom. The van der Waals surface area contributed by atoms with E-state index in [4.69, 9.17) is 23.5 Å². The SMILES string of the molecule is [B]c1c(-c2ccc3c(c2)c2ccccc2n3-c2ccccc2)c([B])c2c3cc(-c4ccccc4)ccc3n(-c3cccc(-c4ccccc4)c3)c2c1[B]. The fourth-order valence-corrected chi connectivity index (χ4v) is 8.18. The molecular weight excluding hydrogens is 637 g/mol. The molecule has 0 aliphatic carbocycles. The van der Waals surface area contributed by atoms with E-state index in [9.17, 15) is 0 Å². The van der Waals surface area contributed by atoms with Gasteiger partial charge in [-0.1, -0.05) is 138 Å². The zero-order chi connectivity index (χ0) is 35.6. The molecule has 0 aliphatic heterocycles. The number of aromatic nitrogens is 2. The maximum Gasteiger partial charge on any atom is 0.115 e. The predicted octanol–water partition coefficient (Wildman–Crippen LogP) is 9.26. The van der Waals surface area contributed by atoms with E-state index in [2.05, 4.69) is 167 Å². The van der Waals surface area contributed by atoms with E-state index in [1.807, 2.05) is 18.2 Å². The van der Waals surface area contributed by atoms with Gasteiger partial charge in [0.15, 0.2) is 0 Å². The van der Waals surface area contributed by atoms with E-state index < -0.39 is 0 Å². The summed E-state index contributed by atoms with van der Waals surface area (Å²) in [6.07, 6.45) is 0. The highest BCUT2D eigenvalue weighted by molar-refractivity contribution is 6.60. The smallest absolute Gasteiger partial charge is 0.115 e. The van der Waals surface area contributed by atoms with Crippen molar-refractivity contribution in [3.8, 4) is 44.8 Å². The van der Waals surface area contributed by atoms with Gasteiger partial charge in [-0.05, 0) is 88.0 Å². The molecule has 240 valence electrons. The van der Waals surface area contributed by atoms with E-state index in [1.165, 1.54) is 0 Å². The Morgan fingerprint density at radius 2 is 0.849 bits per heavy atom. The van der Waals surface area contributed by atoms with Crippen molar-refractivity contribution in [2.24, 2.45) is 0 Å². The topological polar surface area (TPSA) is 9.86 Å². The number of nitrogens with zero attached hydrogens (tertiary/aromatic N) is 2. The zero-order valence-electron chi connectivity index (χ0n) is 28.9. The molecule has 0 aliphatic rings. The van der Waals surface area contributed by atoms with Gasteiger partial charge in [0.2, 0.25) is 0 Å². The second kappa shape index (κ2) is 12.4. The standard InChI is InChI=1S/C48H29B3N2/c49-45-43(34-24-26-41-38(29-34)37-21-10-11-22-40(37)52(41)35-18-8-3-9-19-35)46(50)47(51)48-44(45)39-28-33(31-15-6-2-7-16-31)23-25-42(39)53(48)36-20-12-17-32(27-36)30-13-4-1-5-14-30/h1-29H. The summed E-state index contributed by atoms with van der Waals surface area (Å²) < 4.78 is 4.52. The molecule has 2 aromatic heterocycles. The summed E-state index contributed by atoms with van der Waals surface area (Å²) in [7, 11) is 21.7. The molecule has 6 radical (unpaired) electrons. The van der Waals surface area contributed by atoms with E-state index in [0.29, 0.717) is 16.4 Å². The van der Waals surface area contributed by atoms with Crippen molar-refractivity contribution in [1.29, 1.82) is 0 Å². The Bertz CT molecular complexity index is 3020. The summed E-state index contributed by atoms with van der Waals surface area (Å²) in [6, 6.07) is 61.4. The third kappa shape index (κ3) is 4.92. The molecule has 5 heteroatoms. The molecule has 10 rings (SSSR count). The molecule has 0 spiro atoms. The monoisotopic (exact) mass is 666 g/mol. The van der Waals surface area contributed by atoms with Crippen LogP contribution in [0.2, 0.25) is 0 Å². The minimum atomic E-state index is 0.465. The highest BCUT2D eigenvalue weighted by atomic mass is 15.0. The molecule has 8 aromatic carbocycles. The lowest BCUT2D eigenvalue weighted by Gasteiger charge is -2.19. The van der Waals surface area contributed by atoms with Gasteiger partial charge in [-0.3, -0.25) is 0 Å². The first-order valence-electron chi connectivity index (χ1n) is 17.8. The maximum atomic E-state index is 7.39. The van der Waals surface area contributed by atoms with Crippen LogP contribution in [0.5, 0.6) is 0 Å². The highest BCUT2D eigenvalue weighted by Crippen LogP contribution is 2.38. The maximum absolute atomic E-state index is 7.39.